The van der Waals surface area contributed by atoms with E-state index in [0.29, 0.717) is 24.7 Å². The number of fused-ring (bicyclic) bond motifs is 2. The molecule has 0 aliphatic heterocycles. The molecule has 2 atom stereocenters. The number of amides is 1. The molecule has 0 aromatic rings. The number of allylic oxidation sites excluding steroid dienone is 1. The largest absolute Gasteiger partial charge is 0.357 e. The van der Waals surface area contributed by atoms with E-state index in [2.05, 4.69) is 30.8 Å². The van der Waals surface area contributed by atoms with Gasteiger partial charge in [-0.05, 0) is 37.9 Å². The van der Waals surface area contributed by atoms with E-state index in [0.717, 1.165) is 32.5 Å². The lowest BCUT2D eigenvalue weighted by molar-refractivity contribution is -0.137. The van der Waals surface area contributed by atoms with Crippen LogP contribution in [-0.4, -0.2) is 55.8 Å². The van der Waals surface area contributed by atoms with Crippen LogP contribution in [0.15, 0.2) is 12.2 Å². The van der Waals surface area contributed by atoms with Crippen LogP contribution in [0.4, 0.5) is 0 Å². The van der Waals surface area contributed by atoms with Crippen molar-refractivity contribution >= 4 is 24.3 Å². The van der Waals surface area contributed by atoms with Gasteiger partial charge in [-0.25, -0.2) is 0 Å². The van der Waals surface area contributed by atoms with Crippen LogP contribution in [0, 0.1) is 11.3 Å². The summed E-state index contributed by atoms with van der Waals surface area (Å²) in [5, 5.41) is 2.62. The van der Waals surface area contributed by atoms with Crippen LogP contribution in [0.1, 0.15) is 32.6 Å². The van der Waals surface area contributed by atoms with Crippen molar-refractivity contribution in [3.8, 4) is 0 Å². The highest BCUT2D eigenvalue weighted by Crippen LogP contribution is 2.48. The van der Waals surface area contributed by atoms with Gasteiger partial charge >= 0.3 is 0 Å². The van der Waals surface area contributed by atoms with Gasteiger partial charge in [-0.15, -0.1) is 0 Å². The summed E-state index contributed by atoms with van der Waals surface area (Å²) in [7, 11) is 2.05. The summed E-state index contributed by atoms with van der Waals surface area (Å²) in [6, 6.07) is 0. The zero-order valence-electron chi connectivity index (χ0n) is 14.0. The van der Waals surface area contributed by atoms with Gasteiger partial charge in [0.2, 0.25) is 6.41 Å². The van der Waals surface area contributed by atoms with Gasteiger partial charge in [0.1, 0.15) is 12.1 Å². The third-order valence-corrected chi connectivity index (χ3v) is 4.39. The van der Waals surface area contributed by atoms with Crippen LogP contribution < -0.4 is 5.32 Å². The fourth-order valence-corrected chi connectivity index (χ4v) is 3.16. The zero-order chi connectivity index (χ0) is 17.5. The van der Waals surface area contributed by atoms with Crippen LogP contribution in [-0.2, 0) is 19.2 Å². The van der Waals surface area contributed by atoms with Crippen molar-refractivity contribution in [1.82, 2.24) is 10.2 Å². The van der Waals surface area contributed by atoms with Crippen molar-refractivity contribution in [2.45, 2.75) is 32.6 Å². The molecule has 2 unspecified atom stereocenters. The summed E-state index contributed by atoms with van der Waals surface area (Å²) in [6.45, 7) is 8.57. The molecule has 0 saturated heterocycles. The topological polar surface area (TPSA) is 83.6 Å². The van der Waals surface area contributed by atoms with Crippen LogP contribution in [0.3, 0.4) is 0 Å². The molecule has 2 aliphatic rings. The zero-order valence-corrected chi connectivity index (χ0v) is 14.0. The molecule has 2 saturated carbocycles. The van der Waals surface area contributed by atoms with Gasteiger partial charge in [0.25, 0.3) is 0 Å². The Bertz CT molecular complexity index is 489. The minimum atomic E-state index is -1.03. The molecular formula is C17H26N2O4. The standard InChI is InChI=1S/C10H10O3.C7H16N2O/c1-6-7-2-8(12)4-10(3-7,5-11)9(6)13;1-3-5-9(2)6-4-8-7-10/h5,7H,1-4H2;7H,3-6H2,1-2H3,(H,8,10). The summed E-state index contributed by atoms with van der Waals surface area (Å²) in [5.74, 6) is -0.271. The molecule has 0 heterocycles. The summed E-state index contributed by atoms with van der Waals surface area (Å²) in [6.07, 6.45) is 3.51. The molecule has 128 valence electrons. The predicted octanol–water partition coefficient (Wildman–Crippen LogP) is 0.754. The number of carbonyl (C=O) groups is 4. The van der Waals surface area contributed by atoms with Crippen molar-refractivity contribution in [3.05, 3.63) is 12.2 Å². The number of hydrogen-bond acceptors (Lipinski definition) is 5. The van der Waals surface area contributed by atoms with Gasteiger partial charge in [0.05, 0.1) is 5.41 Å². The average molecular weight is 322 g/mol. The highest BCUT2D eigenvalue weighted by Gasteiger charge is 2.53. The first-order valence-corrected chi connectivity index (χ1v) is 7.97. The second kappa shape index (κ2) is 8.72. The minimum absolute atomic E-state index is 0.00958. The second-order valence-electron chi connectivity index (χ2n) is 6.32. The Balaban J connectivity index is 0.000000241. The first-order valence-electron chi connectivity index (χ1n) is 7.97. The lowest BCUT2D eigenvalue weighted by Gasteiger charge is -2.23. The molecule has 6 heteroatoms. The van der Waals surface area contributed by atoms with Crippen LogP contribution in [0.25, 0.3) is 0 Å². The Morgan fingerprint density at radius 2 is 2.04 bits per heavy atom. The number of nitrogens with one attached hydrogen (secondary N) is 1. The Kier molecular flexibility index (Phi) is 7.29. The summed E-state index contributed by atoms with van der Waals surface area (Å²) < 4.78 is 0. The van der Waals surface area contributed by atoms with Gasteiger partial charge in [-0.2, -0.15) is 0 Å². The Morgan fingerprint density at radius 3 is 2.61 bits per heavy atom. The third-order valence-electron chi connectivity index (χ3n) is 4.39. The summed E-state index contributed by atoms with van der Waals surface area (Å²) >= 11 is 0. The van der Waals surface area contributed by atoms with E-state index >= 15 is 0 Å². The highest BCUT2D eigenvalue weighted by atomic mass is 16.2. The van der Waals surface area contributed by atoms with Gasteiger partial charge in [0, 0.05) is 25.9 Å². The minimum Gasteiger partial charge on any atom is -0.357 e. The first kappa shape index (κ1) is 19.2. The molecule has 2 bridgehead atoms. The van der Waals surface area contributed by atoms with E-state index in [4.69, 9.17) is 0 Å². The van der Waals surface area contributed by atoms with E-state index in [9.17, 15) is 19.2 Å². The molecule has 2 aliphatic carbocycles. The summed E-state index contributed by atoms with van der Waals surface area (Å²) in [4.78, 5) is 45.7. The molecule has 0 aromatic heterocycles. The van der Waals surface area contributed by atoms with Crippen LogP contribution >= 0.6 is 0 Å². The maximum atomic E-state index is 11.6. The fraction of sp³-hybridized carbons (Fsp3) is 0.647. The van der Waals surface area contributed by atoms with Gasteiger partial charge < -0.3 is 15.0 Å². The number of ketones is 2. The van der Waals surface area contributed by atoms with E-state index in [-0.39, 0.29) is 23.9 Å². The monoisotopic (exact) mass is 322 g/mol. The number of carbonyl (C=O) groups excluding carboxylic acids is 4. The number of hydrogen-bond donors (Lipinski definition) is 1. The molecule has 23 heavy (non-hydrogen) atoms. The van der Waals surface area contributed by atoms with Crippen LogP contribution in [0.5, 0.6) is 0 Å². The predicted molar refractivity (Wildman–Crippen MR) is 86.8 cm³/mol. The number of likely N-dealkylation sites (N-methyl/N-ethyl adjacent to an activating group) is 1. The smallest absolute Gasteiger partial charge is 0.207 e. The quantitative estimate of drug-likeness (QED) is 0.324. The molecule has 2 fully saturated rings. The molecule has 0 radical (unpaired) electrons. The highest BCUT2D eigenvalue weighted by molar-refractivity contribution is 6.14. The molecular weight excluding hydrogens is 296 g/mol. The number of Topliss-reactive ketones (excluding diaryl/α,β-unsaturated/α-hetero) is 2. The second-order valence-corrected chi connectivity index (χ2v) is 6.32. The molecule has 0 spiro atoms. The maximum Gasteiger partial charge on any atom is 0.207 e. The fourth-order valence-electron chi connectivity index (χ4n) is 3.16. The lowest BCUT2D eigenvalue weighted by Crippen LogP contribution is -2.33. The van der Waals surface area contributed by atoms with Crippen molar-refractivity contribution < 1.29 is 19.2 Å². The van der Waals surface area contributed by atoms with Crippen molar-refractivity contribution in [2.24, 2.45) is 11.3 Å². The maximum absolute atomic E-state index is 11.6. The number of nitrogens with zero attached hydrogens (tertiary/aromatic N) is 1. The van der Waals surface area contributed by atoms with Gasteiger partial charge in [0.15, 0.2) is 5.78 Å². The van der Waals surface area contributed by atoms with E-state index in [1.54, 1.807) is 0 Å². The Labute approximate surface area is 137 Å². The SMILES string of the molecule is C=C1C(=O)C2(C=O)CC(=O)CC1C2.CCCN(C)CCNC=O. The molecule has 1 amide bonds. The Morgan fingerprint density at radius 1 is 1.35 bits per heavy atom. The van der Waals surface area contributed by atoms with Gasteiger partial charge in [-0.3, -0.25) is 14.4 Å². The summed E-state index contributed by atoms with van der Waals surface area (Å²) in [5.41, 5.74) is -0.560. The van der Waals surface area contributed by atoms with Gasteiger partial charge in [-0.1, -0.05) is 13.5 Å². The average Bonchev–Trinajstić information content (AvgIpc) is 2.70. The molecule has 1 N–H and O–H groups in total. The van der Waals surface area contributed by atoms with E-state index < -0.39 is 5.41 Å². The normalized spacial score (nSPS) is 25.9. The lowest BCUT2D eigenvalue weighted by atomic mass is 9.76. The van der Waals surface area contributed by atoms with Crippen molar-refractivity contribution in [2.75, 3.05) is 26.7 Å². The first-order chi connectivity index (χ1) is 10.9. The molecule has 2 rings (SSSR count). The van der Waals surface area contributed by atoms with Crippen molar-refractivity contribution in [3.63, 3.8) is 0 Å². The van der Waals surface area contributed by atoms with E-state index in [1.165, 1.54) is 0 Å². The molecule has 6 nitrogen and oxygen atoms in total. The van der Waals surface area contributed by atoms with Crippen molar-refractivity contribution in [1.29, 1.82) is 0 Å². The number of rotatable bonds is 7. The molecule has 0 aromatic carbocycles. The van der Waals surface area contributed by atoms with E-state index in [1.807, 2.05) is 0 Å². The third kappa shape index (κ3) is 4.82. The Hall–Kier alpha value is -1.82. The number of aldehydes is 1. The van der Waals surface area contributed by atoms with Crippen LogP contribution in [0.2, 0.25) is 0 Å².